The molecule has 0 saturated carbocycles. The number of carboxylic acids is 1. The van der Waals surface area contributed by atoms with E-state index in [1.807, 2.05) is 25.1 Å². The highest BCUT2D eigenvalue weighted by atomic mass is 79.9. The minimum Gasteiger partial charge on any atom is -0.478 e. The number of nitrogens with one attached hydrogen (secondary N) is 1. The molecule has 0 aliphatic rings. The lowest BCUT2D eigenvalue weighted by molar-refractivity contribution is 0.0698. The van der Waals surface area contributed by atoms with Gasteiger partial charge in [0.25, 0.3) is 0 Å². The molecule has 0 aliphatic carbocycles. The predicted molar refractivity (Wildman–Crippen MR) is 85.0 cm³/mol. The van der Waals surface area contributed by atoms with Crippen LogP contribution in [0.1, 0.15) is 15.9 Å². The average molecular weight is 356 g/mol. The summed E-state index contributed by atoms with van der Waals surface area (Å²) in [6.45, 7) is 1.94. The Morgan fingerprint density at radius 2 is 2.05 bits per heavy atom. The fourth-order valence-corrected chi connectivity index (χ4v) is 2.41. The van der Waals surface area contributed by atoms with Crippen molar-refractivity contribution in [1.29, 1.82) is 0 Å². The Bertz CT molecular complexity index is 689. The van der Waals surface area contributed by atoms with Crippen molar-refractivity contribution in [3.63, 3.8) is 0 Å². The van der Waals surface area contributed by atoms with Gasteiger partial charge in [-0.3, -0.25) is 0 Å². The first-order chi connectivity index (χ1) is 9.38. The summed E-state index contributed by atoms with van der Waals surface area (Å²) in [5.74, 6) is -1.09. The van der Waals surface area contributed by atoms with Crippen molar-refractivity contribution in [2.24, 2.45) is 0 Å². The van der Waals surface area contributed by atoms with Crippen LogP contribution in [0.15, 0.2) is 34.8 Å². The van der Waals surface area contributed by atoms with Crippen LogP contribution in [0.25, 0.3) is 0 Å². The summed E-state index contributed by atoms with van der Waals surface area (Å²) in [6.07, 6.45) is 0. The number of aromatic carboxylic acids is 1. The van der Waals surface area contributed by atoms with E-state index in [0.717, 1.165) is 15.7 Å². The third-order valence-corrected chi connectivity index (χ3v) is 3.71. The van der Waals surface area contributed by atoms with Gasteiger partial charge >= 0.3 is 5.97 Å². The van der Waals surface area contributed by atoms with E-state index in [9.17, 15) is 9.90 Å². The average Bonchev–Trinajstić information content (AvgIpc) is 2.36. The van der Waals surface area contributed by atoms with E-state index in [0.29, 0.717) is 11.4 Å². The molecular formula is C14H12BrClN2O2. The quantitative estimate of drug-likeness (QED) is 0.712. The van der Waals surface area contributed by atoms with Gasteiger partial charge in [-0.2, -0.15) is 0 Å². The van der Waals surface area contributed by atoms with Gasteiger partial charge < -0.3 is 16.2 Å². The summed E-state index contributed by atoms with van der Waals surface area (Å²) in [5, 5.41) is 12.6. The molecule has 104 valence electrons. The molecule has 0 atom stereocenters. The smallest absolute Gasteiger partial charge is 0.337 e. The van der Waals surface area contributed by atoms with Crippen molar-refractivity contribution in [2.75, 3.05) is 11.1 Å². The summed E-state index contributed by atoms with van der Waals surface area (Å²) in [6, 6.07) is 8.60. The molecule has 0 radical (unpaired) electrons. The van der Waals surface area contributed by atoms with Gasteiger partial charge in [-0.15, -0.1) is 0 Å². The molecule has 0 bridgehead atoms. The van der Waals surface area contributed by atoms with Crippen LogP contribution in [-0.4, -0.2) is 11.1 Å². The topological polar surface area (TPSA) is 75.3 Å². The van der Waals surface area contributed by atoms with Gasteiger partial charge in [0, 0.05) is 10.2 Å². The monoisotopic (exact) mass is 354 g/mol. The van der Waals surface area contributed by atoms with E-state index >= 15 is 0 Å². The Labute approximate surface area is 129 Å². The molecule has 0 amide bonds. The summed E-state index contributed by atoms with van der Waals surface area (Å²) in [5.41, 5.74) is 8.06. The highest BCUT2D eigenvalue weighted by molar-refractivity contribution is 9.10. The normalized spacial score (nSPS) is 10.3. The first kappa shape index (κ1) is 14.7. The molecule has 0 aromatic heterocycles. The number of benzene rings is 2. The molecule has 0 aliphatic heterocycles. The van der Waals surface area contributed by atoms with Crippen LogP contribution < -0.4 is 11.1 Å². The van der Waals surface area contributed by atoms with Crippen molar-refractivity contribution in [3.8, 4) is 0 Å². The van der Waals surface area contributed by atoms with Crippen LogP contribution >= 0.6 is 27.5 Å². The van der Waals surface area contributed by atoms with Gasteiger partial charge in [0.05, 0.1) is 22.0 Å². The van der Waals surface area contributed by atoms with E-state index in [-0.39, 0.29) is 10.6 Å². The molecule has 2 rings (SSSR count). The number of carbonyl (C=O) groups is 1. The zero-order chi connectivity index (χ0) is 14.9. The molecule has 2 aromatic carbocycles. The number of rotatable bonds is 3. The third-order valence-electron chi connectivity index (χ3n) is 2.72. The van der Waals surface area contributed by atoms with Gasteiger partial charge in [-0.05, 0) is 52.7 Å². The lowest BCUT2D eigenvalue weighted by atomic mass is 10.1. The van der Waals surface area contributed by atoms with Crippen LogP contribution in [0, 0.1) is 6.92 Å². The van der Waals surface area contributed by atoms with Crippen LogP contribution in [-0.2, 0) is 0 Å². The molecule has 4 nitrogen and oxygen atoms in total. The molecule has 0 fully saturated rings. The third kappa shape index (κ3) is 3.05. The maximum Gasteiger partial charge on any atom is 0.337 e. The largest absolute Gasteiger partial charge is 0.478 e. The lowest BCUT2D eigenvalue weighted by Gasteiger charge is -2.14. The number of halogens is 2. The second-order valence-electron chi connectivity index (χ2n) is 4.34. The molecule has 4 N–H and O–H groups in total. The number of carboxylic acid groups (broad SMARTS) is 1. The van der Waals surface area contributed by atoms with Crippen molar-refractivity contribution >= 4 is 50.6 Å². The Balaban J connectivity index is 2.53. The van der Waals surface area contributed by atoms with E-state index < -0.39 is 5.97 Å². The highest BCUT2D eigenvalue weighted by Crippen LogP contribution is 2.34. The van der Waals surface area contributed by atoms with E-state index in [1.54, 1.807) is 0 Å². The minimum atomic E-state index is -1.09. The molecule has 2 aromatic rings. The summed E-state index contributed by atoms with van der Waals surface area (Å²) in [4.78, 5) is 11.3. The number of nitrogens with two attached hydrogens (primary N) is 1. The SMILES string of the molecule is Cc1ccc(Br)c(Nc2c(Cl)cc(N)cc2C(=O)O)c1. The number of aryl methyl sites for hydroxylation is 1. The molecular weight excluding hydrogens is 344 g/mol. The first-order valence-electron chi connectivity index (χ1n) is 5.74. The number of hydrogen-bond acceptors (Lipinski definition) is 3. The summed E-state index contributed by atoms with van der Waals surface area (Å²) < 4.78 is 0.812. The molecule has 0 unspecified atom stereocenters. The Morgan fingerprint density at radius 3 is 2.70 bits per heavy atom. The van der Waals surface area contributed by atoms with Crippen molar-refractivity contribution in [3.05, 3.63) is 51.0 Å². The molecule has 0 spiro atoms. The maximum absolute atomic E-state index is 11.3. The molecule has 20 heavy (non-hydrogen) atoms. The van der Waals surface area contributed by atoms with Gasteiger partial charge in [0.2, 0.25) is 0 Å². The lowest BCUT2D eigenvalue weighted by Crippen LogP contribution is -2.05. The van der Waals surface area contributed by atoms with Crippen LogP contribution in [0.5, 0.6) is 0 Å². The predicted octanol–water partition coefficient (Wildman–Crippen LogP) is 4.43. The van der Waals surface area contributed by atoms with E-state index in [1.165, 1.54) is 12.1 Å². The van der Waals surface area contributed by atoms with Crippen LogP contribution in [0.2, 0.25) is 5.02 Å². The highest BCUT2D eigenvalue weighted by Gasteiger charge is 2.16. The Hall–Kier alpha value is -1.72. The van der Waals surface area contributed by atoms with E-state index in [2.05, 4.69) is 21.2 Å². The fraction of sp³-hybridized carbons (Fsp3) is 0.0714. The van der Waals surface area contributed by atoms with Gasteiger partial charge in [-0.25, -0.2) is 4.79 Å². The Kier molecular flexibility index (Phi) is 4.20. The van der Waals surface area contributed by atoms with Gasteiger partial charge in [0.1, 0.15) is 0 Å². The zero-order valence-corrected chi connectivity index (χ0v) is 12.9. The first-order valence-corrected chi connectivity index (χ1v) is 6.91. The van der Waals surface area contributed by atoms with Crippen LogP contribution in [0.3, 0.4) is 0 Å². The second-order valence-corrected chi connectivity index (χ2v) is 5.60. The summed E-state index contributed by atoms with van der Waals surface area (Å²) >= 11 is 9.51. The summed E-state index contributed by atoms with van der Waals surface area (Å²) in [7, 11) is 0. The number of anilines is 3. The fourth-order valence-electron chi connectivity index (χ4n) is 1.79. The number of hydrogen-bond donors (Lipinski definition) is 3. The zero-order valence-electron chi connectivity index (χ0n) is 10.6. The number of nitrogen functional groups attached to an aromatic ring is 1. The van der Waals surface area contributed by atoms with E-state index in [4.69, 9.17) is 17.3 Å². The van der Waals surface area contributed by atoms with Crippen LogP contribution in [0.4, 0.5) is 17.1 Å². The van der Waals surface area contributed by atoms with Gasteiger partial charge in [-0.1, -0.05) is 17.7 Å². The molecule has 6 heteroatoms. The standard InChI is InChI=1S/C14H12BrClN2O2/c1-7-2-3-10(15)12(4-7)18-13-9(14(19)20)5-8(17)6-11(13)16/h2-6,18H,17H2,1H3,(H,19,20). The van der Waals surface area contributed by atoms with Gasteiger partial charge in [0.15, 0.2) is 0 Å². The minimum absolute atomic E-state index is 0.0309. The second kappa shape index (κ2) is 5.73. The molecule has 0 heterocycles. The van der Waals surface area contributed by atoms with Crippen molar-refractivity contribution in [2.45, 2.75) is 6.92 Å². The van der Waals surface area contributed by atoms with Crippen molar-refractivity contribution in [1.82, 2.24) is 0 Å². The Morgan fingerprint density at radius 1 is 1.35 bits per heavy atom. The maximum atomic E-state index is 11.3. The molecule has 0 saturated heterocycles. The van der Waals surface area contributed by atoms with Crippen molar-refractivity contribution < 1.29 is 9.90 Å².